The number of hydrogen-bond acceptors (Lipinski definition) is 3. The van der Waals surface area contributed by atoms with Gasteiger partial charge in [0.25, 0.3) is 0 Å². The highest BCUT2D eigenvalue weighted by atomic mass is 16.4. The van der Waals surface area contributed by atoms with Crippen LogP contribution in [0.1, 0.15) is 0 Å². The van der Waals surface area contributed by atoms with Gasteiger partial charge in [-0.2, -0.15) is 0 Å². The number of carbonyl (C=O) groups is 1. The Kier molecular flexibility index (Phi) is 3.22. The third kappa shape index (κ3) is 2.60. The number of nitrogens with one attached hydrogen (secondary N) is 1. The summed E-state index contributed by atoms with van der Waals surface area (Å²) in [6.07, 6.45) is 0. The zero-order valence-electron chi connectivity index (χ0n) is 4.72. The van der Waals surface area contributed by atoms with E-state index in [4.69, 9.17) is 10.8 Å². The first-order chi connectivity index (χ1) is 3.68. The van der Waals surface area contributed by atoms with Gasteiger partial charge in [-0.25, -0.2) is 0 Å². The van der Waals surface area contributed by atoms with Crippen LogP contribution in [0.25, 0.3) is 0 Å². The van der Waals surface area contributed by atoms with Crippen molar-refractivity contribution in [3.63, 3.8) is 0 Å². The quantitative estimate of drug-likeness (QED) is 0.370. The topological polar surface area (TPSA) is 75.3 Å². The number of rotatable bonds is 3. The van der Waals surface area contributed by atoms with Crippen molar-refractivity contribution in [2.45, 2.75) is 5.94 Å². The largest absolute Gasteiger partial charge is 0.481 e. The van der Waals surface area contributed by atoms with Crippen LogP contribution in [-0.2, 0) is 4.79 Å². The van der Waals surface area contributed by atoms with Crippen molar-refractivity contribution in [3.05, 3.63) is 0 Å². The number of carboxylic acid groups (broad SMARTS) is 1. The van der Waals surface area contributed by atoms with Gasteiger partial charge in [0, 0.05) is 0 Å². The van der Waals surface area contributed by atoms with Crippen LogP contribution >= 0.6 is 0 Å². The van der Waals surface area contributed by atoms with E-state index in [0.717, 1.165) is 0 Å². The SMILES string of the molecule is CNBC(N)C(=O)O. The van der Waals surface area contributed by atoms with Crippen molar-refractivity contribution in [2.75, 3.05) is 7.05 Å². The third-order valence-electron chi connectivity index (χ3n) is 0.741. The zero-order valence-corrected chi connectivity index (χ0v) is 4.72. The van der Waals surface area contributed by atoms with Crippen LogP contribution < -0.4 is 11.0 Å². The van der Waals surface area contributed by atoms with Gasteiger partial charge in [-0.15, -0.1) is 0 Å². The highest BCUT2D eigenvalue weighted by Gasteiger charge is 2.10. The Morgan fingerprint density at radius 2 is 2.50 bits per heavy atom. The molecule has 1 atom stereocenters. The van der Waals surface area contributed by atoms with E-state index in [1.807, 2.05) is 0 Å². The minimum atomic E-state index is -0.973. The molecular weight excluding hydrogens is 107 g/mol. The summed E-state index contributed by atoms with van der Waals surface area (Å²) in [6, 6.07) is 0. The first-order valence-electron chi connectivity index (χ1n) is 2.31. The second-order valence-electron chi connectivity index (χ2n) is 1.50. The highest BCUT2D eigenvalue weighted by molar-refractivity contribution is 6.40. The summed E-state index contributed by atoms with van der Waals surface area (Å²) in [4.78, 5) is 9.92. The van der Waals surface area contributed by atoms with Crippen LogP contribution in [0.2, 0.25) is 0 Å². The molecule has 4 N–H and O–H groups in total. The summed E-state index contributed by atoms with van der Waals surface area (Å²) >= 11 is 0. The van der Waals surface area contributed by atoms with Crippen molar-refractivity contribution < 1.29 is 9.90 Å². The maximum absolute atomic E-state index is 9.92. The van der Waals surface area contributed by atoms with E-state index >= 15 is 0 Å². The lowest BCUT2D eigenvalue weighted by Crippen LogP contribution is -2.42. The third-order valence-corrected chi connectivity index (χ3v) is 0.741. The molecule has 0 aliphatic rings. The second-order valence-corrected chi connectivity index (χ2v) is 1.50. The Labute approximate surface area is 48.3 Å². The lowest BCUT2D eigenvalue weighted by atomic mass is 9.84. The molecule has 0 saturated heterocycles. The molecule has 0 bridgehead atoms. The number of aliphatic carboxylic acids is 1. The maximum atomic E-state index is 9.92. The number of hydrogen-bond donors (Lipinski definition) is 3. The Bertz CT molecular complexity index is 87.4. The average Bonchev–Trinajstić information content (AvgIpc) is 1.67. The molecule has 0 saturated carbocycles. The maximum Gasteiger partial charge on any atom is 0.313 e. The molecule has 0 radical (unpaired) electrons. The monoisotopic (exact) mass is 116 g/mol. The van der Waals surface area contributed by atoms with Gasteiger partial charge in [0.05, 0.1) is 5.94 Å². The fraction of sp³-hybridized carbons (Fsp3) is 0.667. The van der Waals surface area contributed by atoms with E-state index in [-0.39, 0.29) is 0 Å². The van der Waals surface area contributed by atoms with Gasteiger partial charge in [-0.05, 0) is 7.05 Å². The molecule has 8 heavy (non-hydrogen) atoms. The van der Waals surface area contributed by atoms with E-state index in [2.05, 4.69) is 5.23 Å². The summed E-state index contributed by atoms with van der Waals surface area (Å²) in [5.41, 5.74) is 5.06. The van der Waals surface area contributed by atoms with E-state index in [0.29, 0.717) is 7.41 Å². The molecule has 0 rings (SSSR count). The molecule has 0 heterocycles. The molecule has 1 unspecified atom stereocenters. The molecule has 0 fully saturated rings. The molecule has 46 valence electrons. The van der Waals surface area contributed by atoms with Crippen LogP contribution in [-0.4, -0.2) is 31.5 Å². The van der Waals surface area contributed by atoms with E-state index in [1.54, 1.807) is 7.05 Å². The van der Waals surface area contributed by atoms with E-state index < -0.39 is 11.9 Å². The molecule has 5 heteroatoms. The van der Waals surface area contributed by atoms with Gasteiger partial charge >= 0.3 is 5.97 Å². The number of nitrogens with two attached hydrogens (primary N) is 1. The van der Waals surface area contributed by atoms with E-state index in [9.17, 15) is 4.79 Å². The predicted molar refractivity (Wildman–Crippen MR) is 31.8 cm³/mol. The molecule has 0 aromatic rings. The van der Waals surface area contributed by atoms with Gasteiger partial charge in [0.2, 0.25) is 7.41 Å². The summed E-state index contributed by atoms with van der Waals surface area (Å²) < 4.78 is 0. The van der Waals surface area contributed by atoms with Crippen LogP contribution in [0.15, 0.2) is 0 Å². The van der Waals surface area contributed by atoms with Crippen molar-refractivity contribution in [1.82, 2.24) is 5.23 Å². The molecule has 0 amide bonds. The van der Waals surface area contributed by atoms with Gasteiger partial charge in [-0.3, -0.25) is 4.79 Å². The van der Waals surface area contributed by atoms with Crippen molar-refractivity contribution in [1.29, 1.82) is 0 Å². The summed E-state index contributed by atoms with van der Waals surface area (Å²) in [6.45, 7) is 0. The predicted octanol–water partition coefficient (Wildman–Crippen LogP) is -2.07. The molecule has 0 aliphatic carbocycles. The van der Waals surface area contributed by atoms with Gasteiger partial charge < -0.3 is 16.1 Å². The fourth-order valence-corrected chi connectivity index (χ4v) is 0.307. The summed E-state index contributed by atoms with van der Waals surface area (Å²) in [5, 5.41) is 10.8. The highest BCUT2D eigenvalue weighted by Crippen LogP contribution is 1.68. The van der Waals surface area contributed by atoms with Crippen LogP contribution in [0, 0.1) is 0 Å². The standard InChI is InChI=1S/C3H9BN2O2/c1-6-4-2(5)3(7)8/h2,4,6H,5H2,1H3,(H,7,8). The first kappa shape index (κ1) is 7.45. The Hall–Kier alpha value is -0.545. The molecule has 0 aromatic heterocycles. The minimum Gasteiger partial charge on any atom is -0.481 e. The molecule has 0 aliphatic heterocycles. The normalized spacial score (nSPS) is 12.8. The van der Waals surface area contributed by atoms with Gasteiger partial charge in [0.15, 0.2) is 0 Å². The lowest BCUT2D eigenvalue weighted by Gasteiger charge is -1.99. The van der Waals surface area contributed by atoms with E-state index in [1.165, 1.54) is 0 Å². The summed E-state index contributed by atoms with van der Waals surface area (Å²) in [7, 11) is 1.97. The second kappa shape index (κ2) is 3.46. The Morgan fingerprint density at radius 3 is 2.62 bits per heavy atom. The molecular formula is C3H9BN2O2. The number of carboxylic acids is 1. The van der Waals surface area contributed by atoms with Gasteiger partial charge in [0.1, 0.15) is 0 Å². The zero-order chi connectivity index (χ0) is 6.57. The van der Waals surface area contributed by atoms with Crippen molar-refractivity contribution >= 4 is 13.4 Å². The molecule has 4 nitrogen and oxygen atoms in total. The first-order valence-corrected chi connectivity index (χ1v) is 2.31. The molecule has 0 aromatic carbocycles. The van der Waals surface area contributed by atoms with Crippen molar-refractivity contribution in [3.8, 4) is 0 Å². The summed E-state index contributed by atoms with van der Waals surface area (Å²) in [5.74, 6) is -1.75. The smallest absolute Gasteiger partial charge is 0.313 e. The fourth-order valence-electron chi connectivity index (χ4n) is 0.307. The van der Waals surface area contributed by atoms with Crippen molar-refractivity contribution in [2.24, 2.45) is 5.73 Å². The average molecular weight is 116 g/mol. The van der Waals surface area contributed by atoms with Crippen LogP contribution in [0.5, 0.6) is 0 Å². The Morgan fingerprint density at radius 1 is 2.00 bits per heavy atom. The lowest BCUT2D eigenvalue weighted by molar-refractivity contribution is -0.136. The molecule has 0 spiro atoms. The van der Waals surface area contributed by atoms with Crippen LogP contribution in [0.3, 0.4) is 0 Å². The minimum absolute atomic E-state index is 0.315. The van der Waals surface area contributed by atoms with Crippen LogP contribution in [0.4, 0.5) is 0 Å². The van der Waals surface area contributed by atoms with Gasteiger partial charge in [-0.1, -0.05) is 0 Å². The Balaban J connectivity index is 3.32.